The Balaban J connectivity index is 0. The predicted octanol–water partition coefficient (Wildman–Crippen LogP) is -1.58. The van der Waals surface area contributed by atoms with Gasteiger partial charge in [-0.2, -0.15) is 22.0 Å². The van der Waals surface area contributed by atoms with E-state index in [1.807, 2.05) is 0 Å². The van der Waals surface area contributed by atoms with Gasteiger partial charge in [0.1, 0.15) is 0 Å². The van der Waals surface area contributed by atoms with E-state index < -0.39 is 34.1 Å². The SMILES string of the molecule is O=S(=O)([O-])C(F)(F)C(F)CC(F)(F)F.[Na+]. The molecule has 0 saturated heterocycles. The molecule has 0 aliphatic rings. The molecule has 0 aromatic carbocycles. The third-order valence-electron chi connectivity index (χ3n) is 1.11. The van der Waals surface area contributed by atoms with Crippen LogP contribution in [0, 0.1) is 0 Å². The molecule has 0 rings (SSSR count). The molecule has 1 atom stereocenters. The van der Waals surface area contributed by atoms with Gasteiger partial charge in [-0.25, -0.2) is 12.8 Å². The molecule has 0 heterocycles. The van der Waals surface area contributed by atoms with E-state index in [1.54, 1.807) is 0 Å². The molecule has 11 heteroatoms. The van der Waals surface area contributed by atoms with Crippen molar-refractivity contribution in [1.82, 2.24) is 0 Å². The maximum atomic E-state index is 12.1. The molecule has 0 N–H and O–H groups in total. The van der Waals surface area contributed by atoms with Crippen molar-refractivity contribution in [2.45, 2.75) is 24.0 Å². The first-order chi connectivity index (χ1) is 5.88. The summed E-state index contributed by atoms with van der Waals surface area (Å²) in [4.78, 5) is 0. The molecule has 0 spiro atoms. The minimum Gasteiger partial charge on any atom is -0.743 e. The third-order valence-corrected chi connectivity index (χ3v) is 2.03. The smallest absolute Gasteiger partial charge is 0.743 e. The number of alkyl halides is 6. The first kappa shape index (κ1) is 17.9. The molecule has 0 fully saturated rings. The fourth-order valence-corrected chi connectivity index (χ4v) is 0.875. The Bertz CT molecular complexity index is 298. The van der Waals surface area contributed by atoms with Crippen LogP contribution in [0.25, 0.3) is 0 Å². The average molecular weight is 268 g/mol. The van der Waals surface area contributed by atoms with Crippen molar-refractivity contribution >= 4 is 10.1 Å². The molecular formula is C4H3F6NaO3S. The number of hydrogen-bond acceptors (Lipinski definition) is 3. The maximum Gasteiger partial charge on any atom is 1.00 e. The summed E-state index contributed by atoms with van der Waals surface area (Å²) in [6.45, 7) is 0. The van der Waals surface area contributed by atoms with Crippen molar-refractivity contribution in [1.29, 1.82) is 0 Å². The summed E-state index contributed by atoms with van der Waals surface area (Å²) in [6.07, 6.45) is -12.1. The average Bonchev–Trinajstić information content (AvgIpc) is 1.80. The van der Waals surface area contributed by atoms with Crippen LogP contribution < -0.4 is 29.6 Å². The van der Waals surface area contributed by atoms with Gasteiger partial charge >= 0.3 is 41.0 Å². The Morgan fingerprint density at radius 2 is 1.47 bits per heavy atom. The van der Waals surface area contributed by atoms with Crippen LogP contribution in [0.2, 0.25) is 0 Å². The van der Waals surface area contributed by atoms with Crippen molar-refractivity contribution in [3.63, 3.8) is 0 Å². The molecule has 0 amide bonds. The monoisotopic (exact) mass is 268 g/mol. The summed E-state index contributed by atoms with van der Waals surface area (Å²) in [5, 5.41) is -5.57. The van der Waals surface area contributed by atoms with E-state index in [1.165, 1.54) is 0 Å². The van der Waals surface area contributed by atoms with Gasteiger partial charge in [-0.3, -0.25) is 0 Å². The Labute approximate surface area is 103 Å². The molecule has 0 aromatic rings. The van der Waals surface area contributed by atoms with Gasteiger partial charge in [0.25, 0.3) is 0 Å². The molecular weight excluding hydrogens is 265 g/mol. The number of halogens is 6. The summed E-state index contributed by atoms with van der Waals surface area (Å²) in [6, 6.07) is 0. The van der Waals surface area contributed by atoms with E-state index in [2.05, 4.69) is 0 Å². The van der Waals surface area contributed by atoms with Gasteiger partial charge in [-0.15, -0.1) is 0 Å². The summed E-state index contributed by atoms with van der Waals surface area (Å²) < 4.78 is 99.3. The van der Waals surface area contributed by atoms with E-state index in [-0.39, 0.29) is 29.6 Å². The van der Waals surface area contributed by atoms with Gasteiger partial charge in [0.05, 0.1) is 6.42 Å². The zero-order chi connectivity index (χ0) is 11.8. The molecule has 0 radical (unpaired) electrons. The van der Waals surface area contributed by atoms with Crippen LogP contribution in [-0.4, -0.2) is 30.6 Å². The minimum atomic E-state index is -6.43. The van der Waals surface area contributed by atoms with Gasteiger partial charge < -0.3 is 4.55 Å². The fourth-order valence-electron chi connectivity index (χ4n) is 0.479. The van der Waals surface area contributed by atoms with Crippen LogP contribution in [0.15, 0.2) is 0 Å². The second-order valence-electron chi connectivity index (χ2n) is 2.30. The van der Waals surface area contributed by atoms with E-state index in [0.717, 1.165) is 0 Å². The van der Waals surface area contributed by atoms with Crippen molar-refractivity contribution in [3.8, 4) is 0 Å². The van der Waals surface area contributed by atoms with Crippen molar-refractivity contribution in [3.05, 3.63) is 0 Å². The second kappa shape index (κ2) is 5.21. The molecule has 0 aromatic heterocycles. The molecule has 3 nitrogen and oxygen atoms in total. The largest absolute Gasteiger partial charge is 1.00 e. The topological polar surface area (TPSA) is 57.2 Å². The summed E-state index contributed by atoms with van der Waals surface area (Å²) in [7, 11) is -6.43. The second-order valence-corrected chi connectivity index (χ2v) is 3.76. The molecule has 86 valence electrons. The van der Waals surface area contributed by atoms with E-state index in [9.17, 15) is 39.3 Å². The van der Waals surface area contributed by atoms with Crippen molar-refractivity contribution in [2.75, 3.05) is 0 Å². The quantitative estimate of drug-likeness (QED) is 0.352. The van der Waals surface area contributed by atoms with Crippen LogP contribution in [0.4, 0.5) is 26.3 Å². The van der Waals surface area contributed by atoms with Gasteiger partial charge in [0.15, 0.2) is 16.3 Å². The summed E-state index contributed by atoms with van der Waals surface area (Å²) in [5.41, 5.74) is 0. The Morgan fingerprint density at radius 3 is 1.67 bits per heavy atom. The molecule has 0 bridgehead atoms. The third kappa shape index (κ3) is 5.38. The number of rotatable bonds is 3. The number of hydrogen-bond donors (Lipinski definition) is 0. The van der Waals surface area contributed by atoms with Crippen LogP contribution in [0.3, 0.4) is 0 Å². The molecule has 0 saturated carbocycles. The van der Waals surface area contributed by atoms with Crippen LogP contribution >= 0.6 is 0 Å². The molecule has 15 heavy (non-hydrogen) atoms. The van der Waals surface area contributed by atoms with E-state index in [4.69, 9.17) is 0 Å². The standard InChI is InChI=1S/C4H4F6O3S.Na/c5-2(1-3(6,7)8)4(9,10)14(11,12)13;/h2H,1H2,(H,11,12,13);/q;+1/p-1. The van der Waals surface area contributed by atoms with E-state index >= 15 is 0 Å². The fraction of sp³-hybridized carbons (Fsp3) is 1.00. The van der Waals surface area contributed by atoms with Gasteiger partial charge in [0.2, 0.25) is 0 Å². The van der Waals surface area contributed by atoms with Crippen LogP contribution in [0.1, 0.15) is 6.42 Å². The van der Waals surface area contributed by atoms with Crippen molar-refractivity contribution in [2.24, 2.45) is 0 Å². The Hall–Kier alpha value is 0.490. The molecule has 1 unspecified atom stereocenters. The van der Waals surface area contributed by atoms with E-state index in [0.29, 0.717) is 0 Å². The molecule has 0 aliphatic heterocycles. The first-order valence-electron chi connectivity index (χ1n) is 2.92. The van der Waals surface area contributed by atoms with Crippen molar-refractivity contribution < 1.29 is 68.9 Å². The summed E-state index contributed by atoms with van der Waals surface area (Å²) in [5.74, 6) is 0. The van der Waals surface area contributed by atoms with Gasteiger partial charge in [-0.05, 0) is 0 Å². The normalized spacial score (nSPS) is 15.7. The first-order valence-corrected chi connectivity index (χ1v) is 4.33. The molecule has 0 aliphatic carbocycles. The van der Waals surface area contributed by atoms with Crippen LogP contribution in [0.5, 0.6) is 0 Å². The minimum absolute atomic E-state index is 0. The zero-order valence-electron chi connectivity index (χ0n) is 7.19. The Kier molecular flexibility index (Phi) is 6.21. The summed E-state index contributed by atoms with van der Waals surface area (Å²) >= 11 is 0. The zero-order valence-corrected chi connectivity index (χ0v) is 10.0. The van der Waals surface area contributed by atoms with Crippen LogP contribution in [-0.2, 0) is 10.1 Å². The predicted molar refractivity (Wildman–Crippen MR) is 30.2 cm³/mol. The maximum absolute atomic E-state index is 12.1. The van der Waals surface area contributed by atoms with Gasteiger partial charge in [0, 0.05) is 0 Å². The van der Waals surface area contributed by atoms with Gasteiger partial charge in [-0.1, -0.05) is 0 Å². The Morgan fingerprint density at radius 1 is 1.13 bits per heavy atom.